The molecule has 1 aromatic carbocycles. The molecule has 0 amide bonds. The van der Waals surface area contributed by atoms with Crippen molar-refractivity contribution in [1.82, 2.24) is 5.32 Å². The lowest BCUT2D eigenvalue weighted by Crippen LogP contribution is -2.37. The number of rotatable bonds is 4. The number of hydrogen-bond donors (Lipinski definition) is 1. The van der Waals surface area contributed by atoms with Crippen LogP contribution in [0, 0.1) is 0 Å². The molecule has 2 atom stereocenters. The minimum Gasteiger partial charge on any atom is -0.313 e. The van der Waals surface area contributed by atoms with Crippen LogP contribution in [-0.4, -0.2) is 12.6 Å². The maximum absolute atomic E-state index is 6.10. The Labute approximate surface area is 110 Å². The molecule has 17 heavy (non-hydrogen) atoms. The summed E-state index contributed by atoms with van der Waals surface area (Å²) in [5.74, 6) is 0.647. The normalized spacial score (nSPS) is 24.8. The fourth-order valence-corrected chi connectivity index (χ4v) is 3.04. The molecule has 0 aliphatic heterocycles. The predicted molar refractivity (Wildman–Crippen MR) is 74.7 cm³/mol. The molecule has 0 aromatic heterocycles. The van der Waals surface area contributed by atoms with Crippen LogP contribution in [0.3, 0.4) is 0 Å². The van der Waals surface area contributed by atoms with Crippen LogP contribution in [0.5, 0.6) is 0 Å². The molecule has 0 spiro atoms. The van der Waals surface area contributed by atoms with Crippen LogP contribution in [0.25, 0.3) is 0 Å². The number of hydrogen-bond acceptors (Lipinski definition) is 1. The van der Waals surface area contributed by atoms with Crippen LogP contribution in [0.1, 0.15) is 50.5 Å². The average molecular weight is 252 g/mol. The molecule has 1 aliphatic rings. The maximum Gasteiger partial charge on any atom is 0.0408 e. The van der Waals surface area contributed by atoms with E-state index in [-0.39, 0.29) is 0 Å². The summed E-state index contributed by atoms with van der Waals surface area (Å²) < 4.78 is 0. The van der Waals surface area contributed by atoms with Crippen LogP contribution in [0.15, 0.2) is 24.3 Å². The zero-order chi connectivity index (χ0) is 12.1. The van der Waals surface area contributed by atoms with Crippen LogP contribution in [0.4, 0.5) is 0 Å². The molecule has 0 saturated heterocycles. The van der Waals surface area contributed by atoms with Crippen LogP contribution in [-0.2, 0) is 0 Å². The van der Waals surface area contributed by atoms with E-state index in [1.807, 2.05) is 6.07 Å². The van der Waals surface area contributed by atoms with Gasteiger partial charge in [0.15, 0.2) is 0 Å². The van der Waals surface area contributed by atoms with Crippen molar-refractivity contribution in [2.75, 3.05) is 6.54 Å². The Bertz CT molecular complexity index is 351. The van der Waals surface area contributed by atoms with E-state index in [4.69, 9.17) is 11.6 Å². The third-order valence-electron chi connectivity index (χ3n) is 3.70. The molecule has 1 aliphatic carbocycles. The Kier molecular flexibility index (Phi) is 4.87. The summed E-state index contributed by atoms with van der Waals surface area (Å²) >= 11 is 6.10. The first-order valence-corrected chi connectivity index (χ1v) is 7.18. The molecular formula is C15H22ClN. The van der Waals surface area contributed by atoms with Crippen molar-refractivity contribution in [2.45, 2.75) is 51.0 Å². The lowest BCUT2D eigenvalue weighted by Gasteiger charge is -2.32. The quantitative estimate of drug-likeness (QED) is 0.838. The molecule has 2 rings (SSSR count). The second-order valence-corrected chi connectivity index (χ2v) is 5.44. The van der Waals surface area contributed by atoms with E-state index in [1.54, 1.807) is 0 Å². The Morgan fingerprint density at radius 3 is 2.88 bits per heavy atom. The molecule has 1 fully saturated rings. The highest BCUT2D eigenvalue weighted by molar-refractivity contribution is 6.30. The molecule has 94 valence electrons. The van der Waals surface area contributed by atoms with E-state index in [2.05, 4.69) is 30.4 Å². The number of halogens is 1. The monoisotopic (exact) mass is 251 g/mol. The Morgan fingerprint density at radius 1 is 1.29 bits per heavy atom. The SMILES string of the molecule is CCCNC1CCCCC1c1cccc(Cl)c1. The Hall–Kier alpha value is -0.530. The summed E-state index contributed by atoms with van der Waals surface area (Å²) in [5.41, 5.74) is 1.41. The topological polar surface area (TPSA) is 12.0 Å². The fraction of sp³-hybridized carbons (Fsp3) is 0.600. The van der Waals surface area contributed by atoms with Gasteiger partial charge in [-0.15, -0.1) is 0 Å². The van der Waals surface area contributed by atoms with Gasteiger partial charge in [-0.3, -0.25) is 0 Å². The van der Waals surface area contributed by atoms with E-state index >= 15 is 0 Å². The van der Waals surface area contributed by atoms with E-state index in [9.17, 15) is 0 Å². The third kappa shape index (κ3) is 3.46. The lowest BCUT2D eigenvalue weighted by atomic mass is 9.80. The van der Waals surface area contributed by atoms with Gasteiger partial charge in [0.05, 0.1) is 0 Å². The number of nitrogens with one attached hydrogen (secondary N) is 1. The van der Waals surface area contributed by atoms with Crippen LogP contribution < -0.4 is 5.32 Å². The van der Waals surface area contributed by atoms with Crippen LogP contribution in [0.2, 0.25) is 5.02 Å². The average Bonchev–Trinajstić information content (AvgIpc) is 2.37. The summed E-state index contributed by atoms with van der Waals surface area (Å²) in [6.07, 6.45) is 6.51. The molecule has 1 nitrogen and oxygen atoms in total. The first kappa shape index (κ1) is 12.9. The molecule has 0 bridgehead atoms. The van der Waals surface area contributed by atoms with Gasteiger partial charge < -0.3 is 5.32 Å². The van der Waals surface area contributed by atoms with Crippen molar-refractivity contribution in [2.24, 2.45) is 0 Å². The summed E-state index contributed by atoms with van der Waals surface area (Å²) in [7, 11) is 0. The second kappa shape index (κ2) is 6.42. The summed E-state index contributed by atoms with van der Waals surface area (Å²) in [6.45, 7) is 3.35. The van der Waals surface area contributed by atoms with E-state index in [1.165, 1.54) is 37.7 Å². The van der Waals surface area contributed by atoms with Gasteiger partial charge in [-0.25, -0.2) is 0 Å². The standard InChI is InChI=1S/C15H22ClN/c1-2-10-17-15-9-4-3-8-14(15)12-6-5-7-13(16)11-12/h5-7,11,14-15,17H,2-4,8-10H2,1H3. The Morgan fingerprint density at radius 2 is 2.12 bits per heavy atom. The summed E-state index contributed by atoms with van der Waals surface area (Å²) in [6, 6.07) is 9.04. The van der Waals surface area contributed by atoms with Gasteiger partial charge in [0, 0.05) is 11.1 Å². The predicted octanol–water partition coefficient (Wildman–Crippen LogP) is 4.37. The highest BCUT2D eigenvalue weighted by atomic mass is 35.5. The van der Waals surface area contributed by atoms with Gasteiger partial charge in [-0.05, 0) is 49.4 Å². The van der Waals surface area contributed by atoms with Crippen LogP contribution >= 0.6 is 11.6 Å². The van der Waals surface area contributed by atoms with Crippen molar-refractivity contribution in [1.29, 1.82) is 0 Å². The fourth-order valence-electron chi connectivity index (χ4n) is 2.84. The summed E-state index contributed by atoms with van der Waals surface area (Å²) in [5, 5.41) is 4.56. The molecule has 0 radical (unpaired) electrons. The summed E-state index contributed by atoms with van der Waals surface area (Å²) in [4.78, 5) is 0. The molecular weight excluding hydrogens is 230 g/mol. The van der Waals surface area contributed by atoms with Gasteiger partial charge in [0.1, 0.15) is 0 Å². The van der Waals surface area contributed by atoms with E-state index in [0.29, 0.717) is 12.0 Å². The van der Waals surface area contributed by atoms with Crippen molar-refractivity contribution in [3.63, 3.8) is 0 Å². The zero-order valence-electron chi connectivity index (χ0n) is 10.6. The maximum atomic E-state index is 6.10. The lowest BCUT2D eigenvalue weighted by molar-refractivity contribution is 0.328. The smallest absolute Gasteiger partial charge is 0.0408 e. The molecule has 1 saturated carbocycles. The zero-order valence-corrected chi connectivity index (χ0v) is 11.3. The van der Waals surface area contributed by atoms with Crippen molar-refractivity contribution < 1.29 is 0 Å². The highest BCUT2D eigenvalue weighted by Crippen LogP contribution is 2.34. The van der Waals surface area contributed by atoms with Gasteiger partial charge >= 0.3 is 0 Å². The van der Waals surface area contributed by atoms with Gasteiger partial charge in [-0.1, -0.05) is 43.5 Å². The van der Waals surface area contributed by atoms with Crippen molar-refractivity contribution >= 4 is 11.6 Å². The first-order valence-electron chi connectivity index (χ1n) is 6.80. The molecule has 0 heterocycles. The number of benzene rings is 1. The molecule has 1 N–H and O–H groups in total. The van der Waals surface area contributed by atoms with Gasteiger partial charge in [0.2, 0.25) is 0 Å². The van der Waals surface area contributed by atoms with Crippen molar-refractivity contribution in [3.8, 4) is 0 Å². The van der Waals surface area contributed by atoms with Gasteiger partial charge in [-0.2, -0.15) is 0 Å². The highest BCUT2D eigenvalue weighted by Gasteiger charge is 2.25. The molecule has 2 heteroatoms. The Balaban J connectivity index is 2.10. The minimum absolute atomic E-state index is 0.641. The third-order valence-corrected chi connectivity index (χ3v) is 3.93. The van der Waals surface area contributed by atoms with E-state index < -0.39 is 0 Å². The molecule has 1 aromatic rings. The largest absolute Gasteiger partial charge is 0.313 e. The van der Waals surface area contributed by atoms with E-state index in [0.717, 1.165) is 11.6 Å². The first-order chi connectivity index (χ1) is 8.31. The van der Waals surface area contributed by atoms with Crippen molar-refractivity contribution in [3.05, 3.63) is 34.9 Å². The minimum atomic E-state index is 0.641. The molecule has 2 unspecified atom stereocenters. The second-order valence-electron chi connectivity index (χ2n) is 5.01. The van der Waals surface area contributed by atoms with Gasteiger partial charge in [0.25, 0.3) is 0 Å².